The number of aromatic nitrogens is 4. The van der Waals surface area contributed by atoms with Crippen LogP contribution in [0.1, 0.15) is 17.0 Å². The van der Waals surface area contributed by atoms with Crippen LogP contribution in [0.4, 0.5) is 30.7 Å². The Hall–Kier alpha value is -3.26. The molecular formula is C19H13F7N4O3. The molecule has 1 aliphatic heterocycles. The Balaban J connectivity index is 1.69. The van der Waals surface area contributed by atoms with Gasteiger partial charge in [0.05, 0.1) is 38.5 Å². The molecule has 3 aromatic rings. The van der Waals surface area contributed by atoms with E-state index in [1.165, 1.54) is 0 Å². The maximum absolute atomic E-state index is 13.9. The van der Waals surface area contributed by atoms with E-state index in [0.717, 1.165) is 35.3 Å². The van der Waals surface area contributed by atoms with Crippen molar-refractivity contribution in [1.82, 2.24) is 19.5 Å². The van der Waals surface area contributed by atoms with Crippen LogP contribution in [0.15, 0.2) is 43.0 Å². The predicted octanol–water partition coefficient (Wildman–Crippen LogP) is 4.54. The molecule has 1 aliphatic rings. The third-order valence-corrected chi connectivity index (χ3v) is 4.59. The smallest absolute Gasteiger partial charge is 0.433 e. The summed E-state index contributed by atoms with van der Waals surface area (Å²) in [5.41, 5.74) is -3.15. The molecule has 0 aliphatic carbocycles. The molecule has 0 aromatic carbocycles. The molecule has 0 unspecified atom stereocenters. The molecule has 4 rings (SSSR count). The highest BCUT2D eigenvalue weighted by molar-refractivity contribution is 5.34. The number of imidazole rings is 1. The molecule has 0 N–H and O–H groups in total. The Morgan fingerprint density at radius 3 is 2.24 bits per heavy atom. The summed E-state index contributed by atoms with van der Waals surface area (Å²) in [4.78, 5) is 10.2. The fourth-order valence-electron chi connectivity index (χ4n) is 3.18. The molecule has 0 radical (unpaired) electrons. The third-order valence-electron chi connectivity index (χ3n) is 4.59. The van der Waals surface area contributed by atoms with Gasteiger partial charge in [0.2, 0.25) is 17.6 Å². The summed E-state index contributed by atoms with van der Waals surface area (Å²) >= 11 is 0. The number of alkyl halides is 6. The van der Waals surface area contributed by atoms with E-state index in [1.807, 2.05) is 0 Å². The van der Waals surface area contributed by atoms with Crippen molar-refractivity contribution < 1.29 is 44.9 Å². The summed E-state index contributed by atoms with van der Waals surface area (Å²) in [6.45, 7) is -0.585. The zero-order chi connectivity index (χ0) is 23.9. The van der Waals surface area contributed by atoms with Gasteiger partial charge in [-0.2, -0.15) is 30.7 Å². The van der Waals surface area contributed by atoms with Gasteiger partial charge >= 0.3 is 12.4 Å². The average molecular weight is 478 g/mol. The van der Waals surface area contributed by atoms with Crippen molar-refractivity contribution >= 4 is 0 Å². The fraction of sp³-hybridized carbons (Fsp3) is 0.316. The van der Waals surface area contributed by atoms with E-state index in [0.29, 0.717) is 12.3 Å². The van der Waals surface area contributed by atoms with Crippen LogP contribution in [0.25, 0.3) is 0 Å². The molecule has 0 atom stereocenters. The SMILES string of the molecule is Fc1cncn1CC1(c2ccc(Oc3ccc(C(F)(F)F)nc3)nc2C(F)(F)F)OCCO1. The van der Waals surface area contributed by atoms with Crippen LogP contribution >= 0.6 is 0 Å². The molecule has 0 saturated carbocycles. The first-order valence-corrected chi connectivity index (χ1v) is 9.21. The van der Waals surface area contributed by atoms with Crippen LogP contribution in [0.2, 0.25) is 0 Å². The molecule has 0 bridgehead atoms. The second kappa shape index (κ2) is 8.26. The molecule has 176 valence electrons. The fourth-order valence-corrected chi connectivity index (χ4v) is 3.18. The highest BCUT2D eigenvalue weighted by Crippen LogP contribution is 2.42. The van der Waals surface area contributed by atoms with Crippen LogP contribution in [-0.4, -0.2) is 32.7 Å². The van der Waals surface area contributed by atoms with E-state index in [2.05, 4.69) is 15.0 Å². The molecule has 1 fully saturated rings. The number of hydrogen-bond donors (Lipinski definition) is 0. The van der Waals surface area contributed by atoms with Crippen LogP contribution < -0.4 is 4.74 Å². The number of nitrogens with zero attached hydrogens (tertiary/aromatic N) is 4. The number of pyridine rings is 2. The summed E-state index contributed by atoms with van der Waals surface area (Å²) in [7, 11) is 0. The van der Waals surface area contributed by atoms with Crippen LogP contribution in [0.5, 0.6) is 11.6 Å². The van der Waals surface area contributed by atoms with Gasteiger partial charge in [0, 0.05) is 11.6 Å². The molecular weight excluding hydrogens is 465 g/mol. The number of hydrogen-bond acceptors (Lipinski definition) is 6. The normalized spacial score (nSPS) is 16.2. The maximum atomic E-state index is 13.9. The van der Waals surface area contributed by atoms with E-state index in [1.54, 1.807) is 0 Å². The minimum absolute atomic E-state index is 0.0525. The molecule has 7 nitrogen and oxygen atoms in total. The summed E-state index contributed by atoms with van der Waals surface area (Å²) in [5, 5.41) is 0. The van der Waals surface area contributed by atoms with Gasteiger partial charge < -0.3 is 18.8 Å². The van der Waals surface area contributed by atoms with Crippen molar-refractivity contribution in [3.8, 4) is 11.6 Å². The first-order valence-electron chi connectivity index (χ1n) is 9.21. The zero-order valence-electron chi connectivity index (χ0n) is 16.3. The van der Waals surface area contributed by atoms with Gasteiger partial charge in [0.15, 0.2) is 5.69 Å². The van der Waals surface area contributed by atoms with Crippen LogP contribution in [0, 0.1) is 5.95 Å². The number of rotatable bonds is 5. The van der Waals surface area contributed by atoms with Crippen molar-refractivity contribution in [2.45, 2.75) is 24.7 Å². The van der Waals surface area contributed by atoms with E-state index in [-0.39, 0.29) is 19.0 Å². The van der Waals surface area contributed by atoms with Crippen molar-refractivity contribution in [3.63, 3.8) is 0 Å². The van der Waals surface area contributed by atoms with Gasteiger partial charge in [-0.25, -0.2) is 15.0 Å². The summed E-state index contributed by atoms with van der Waals surface area (Å²) in [6.07, 6.45) is -7.04. The van der Waals surface area contributed by atoms with Crippen molar-refractivity contribution in [2.24, 2.45) is 0 Å². The molecule has 33 heavy (non-hydrogen) atoms. The lowest BCUT2D eigenvalue weighted by Crippen LogP contribution is -2.36. The molecule has 14 heteroatoms. The summed E-state index contributed by atoms with van der Waals surface area (Å²) < 4.78 is 110. The van der Waals surface area contributed by atoms with Gasteiger partial charge in [0.1, 0.15) is 11.4 Å². The van der Waals surface area contributed by atoms with Gasteiger partial charge in [-0.15, -0.1) is 0 Å². The van der Waals surface area contributed by atoms with E-state index >= 15 is 0 Å². The third kappa shape index (κ3) is 4.75. The molecule has 4 heterocycles. The standard InChI is InChI=1S/C19H13F7N4O3/c20-14-8-27-10-30(14)9-17(31-5-6-32-17)12-2-4-15(29-16(12)19(24,25)26)33-11-1-3-13(28-7-11)18(21,22)23/h1-4,7-8,10H,5-6,9H2. The largest absolute Gasteiger partial charge is 0.437 e. The first kappa shape index (κ1) is 22.9. The number of ether oxygens (including phenoxy) is 3. The highest BCUT2D eigenvalue weighted by atomic mass is 19.4. The van der Waals surface area contributed by atoms with Crippen LogP contribution in [-0.2, 0) is 34.2 Å². The van der Waals surface area contributed by atoms with E-state index in [9.17, 15) is 30.7 Å². The van der Waals surface area contributed by atoms with Crippen molar-refractivity contribution in [3.05, 3.63) is 65.9 Å². The lowest BCUT2D eigenvalue weighted by Gasteiger charge is -2.30. The Bertz CT molecular complexity index is 1120. The monoisotopic (exact) mass is 478 g/mol. The average Bonchev–Trinajstić information content (AvgIpc) is 3.37. The lowest BCUT2D eigenvalue weighted by molar-refractivity contribution is -0.188. The second-order valence-corrected chi connectivity index (χ2v) is 6.82. The molecule has 3 aromatic heterocycles. The summed E-state index contributed by atoms with van der Waals surface area (Å²) in [5.74, 6) is -3.65. The minimum atomic E-state index is -5.00. The lowest BCUT2D eigenvalue weighted by atomic mass is 10.0. The quantitative estimate of drug-likeness (QED) is 0.502. The van der Waals surface area contributed by atoms with Gasteiger partial charge in [0.25, 0.3) is 0 Å². The Kier molecular flexibility index (Phi) is 5.74. The van der Waals surface area contributed by atoms with Gasteiger partial charge in [-0.3, -0.25) is 0 Å². The molecule has 0 spiro atoms. The Morgan fingerprint density at radius 2 is 1.70 bits per heavy atom. The van der Waals surface area contributed by atoms with E-state index < -0.39 is 53.5 Å². The first-order chi connectivity index (χ1) is 15.5. The van der Waals surface area contributed by atoms with Gasteiger partial charge in [-0.1, -0.05) is 0 Å². The number of halogens is 7. The van der Waals surface area contributed by atoms with Crippen molar-refractivity contribution in [2.75, 3.05) is 13.2 Å². The van der Waals surface area contributed by atoms with Crippen molar-refractivity contribution in [1.29, 1.82) is 0 Å². The topological polar surface area (TPSA) is 71.3 Å². The second-order valence-electron chi connectivity index (χ2n) is 6.82. The highest BCUT2D eigenvalue weighted by Gasteiger charge is 2.48. The molecule has 0 amide bonds. The van der Waals surface area contributed by atoms with Crippen LogP contribution in [0.3, 0.4) is 0 Å². The Morgan fingerprint density at radius 1 is 0.970 bits per heavy atom. The maximum Gasteiger partial charge on any atom is 0.433 e. The molecule has 1 saturated heterocycles. The van der Waals surface area contributed by atoms with E-state index in [4.69, 9.17) is 14.2 Å². The predicted molar refractivity (Wildman–Crippen MR) is 94.3 cm³/mol. The van der Waals surface area contributed by atoms with Gasteiger partial charge in [-0.05, 0) is 18.2 Å². The minimum Gasteiger partial charge on any atom is -0.437 e. The summed E-state index contributed by atoms with van der Waals surface area (Å²) in [6, 6.07) is 3.55. The zero-order valence-corrected chi connectivity index (χ0v) is 16.3. The Labute approximate surface area is 180 Å².